The molecule has 26 heavy (non-hydrogen) atoms. The van der Waals surface area contributed by atoms with Gasteiger partial charge in [0.1, 0.15) is 0 Å². The first-order valence-electron chi connectivity index (χ1n) is 8.43. The first-order chi connectivity index (χ1) is 12.3. The number of carbonyl (C=O) groups is 1. The van der Waals surface area contributed by atoms with E-state index in [4.69, 9.17) is 11.6 Å². The van der Waals surface area contributed by atoms with E-state index in [-0.39, 0.29) is 23.6 Å². The van der Waals surface area contributed by atoms with E-state index in [9.17, 15) is 13.2 Å². The number of urea groups is 1. The van der Waals surface area contributed by atoms with Gasteiger partial charge in [0.2, 0.25) is 0 Å². The number of halogens is 1. The summed E-state index contributed by atoms with van der Waals surface area (Å²) in [5.41, 5.74) is 3.50. The zero-order valence-electron chi connectivity index (χ0n) is 14.5. The Kier molecular flexibility index (Phi) is 4.00. The molecule has 5 nitrogen and oxygen atoms in total. The van der Waals surface area contributed by atoms with Gasteiger partial charge in [-0.2, -0.15) is 0 Å². The van der Waals surface area contributed by atoms with Gasteiger partial charge in [0, 0.05) is 16.4 Å². The van der Waals surface area contributed by atoms with Crippen LogP contribution in [0.3, 0.4) is 0 Å². The van der Waals surface area contributed by atoms with Crippen molar-refractivity contribution in [3.63, 3.8) is 0 Å². The molecule has 0 bridgehead atoms. The summed E-state index contributed by atoms with van der Waals surface area (Å²) in [6.07, 6.45) is 0. The first-order valence-corrected chi connectivity index (χ1v) is 10.6. The minimum Gasteiger partial charge on any atom is -0.288 e. The molecular formula is C19H19ClN2O3S. The Morgan fingerprint density at radius 2 is 1.58 bits per heavy atom. The van der Waals surface area contributed by atoms with Crippen LogP contribution in [0.2, 0.25) is 5.02 Å². The Morgan fingerprint density at radius 1 is 0.962 bits per heavy atom. The number of fused-ring (bicyclic) bond motifs is 1. The van der Waals surface area contributed by atoms with Crippen molar-refractivity contribution >= 4 is 38.8 Å². The molecule has 2 saturated heterocycles. The van der Waals surface area contributed by atoms with Crippen molar-refractivity contribution in [2.24, 2.45) is 0 Å². The van der Waals surface area contributed by atoms with Crippen molar-refractivity contribution in [1.82, 2.24) is 0 Å². The highest BCUT2D eigenvalue weighted by molar-refractivity contribution is 7.91. The van der Waals surface area contributed by atoms with Crippen molar-refractivity contribution in [2.45, 2.75) is 25.9 Å². The third kappa shape index (κ3) is 2.68. The number of hydrogen-bond donors (Lipinski definition) is 0. The molecule has 4 rings (SSSR count). The predicted octanol–water partition coefficient (Wildman–Crippen LogP) is 3.57. The number of amides is 2. The lowest BCUT2D eigenvalue weighted by atomic mass is 10.1. The molecule has 0 aliphatic carbocycles. The van der Waals surface area contributed by atoms with E-state index in [1.807, 2.05) is 32.0 Å². The van der Waals surface area contributed by atoms with Crippen LogP contribution in [0.25, 0.3) is 0 Å². The highest BCUT2D eigenvalue weighted by Gasteiger charge is 2.54. The lowest BCUT2D eigenvalue weighted by Crippen LogP contribution is -2.38. The largest absolute Gasteiger partial charge is 0.329 e. The molecule has 2 atom stereocenters. The monoisotopic (exact) mass is 390 g/mol. The van der Waals surface area contributed by atoms with E-state index in [0.29, 0.717) is 10.7 Å². The van der Waals surface area contributed by atoms with E-state index >= 15 is 0 Å². The van der Waals surface area contributed by atoms with E-state index in [2.05, 4.69) is 0 Å². The Bertz CT molecular complexity index is 988. The van der Waals surface area contributed by atoms with Gasteiger partial charge in [-0.3, -0.25) is 9.80 Å². The van der Waals surface area contributed by atoms with Crippen molar-refractivity contribution in [1.29, 1.82) is 0 Å². The molecule has 2 unspecified atom stereocenters. The third-order valence-corrected chi connectivity index (χ3v) is 7.26. The average Bonchev–Trinajstić information content (AvgIpc) is 3.01. The summed E-state index contributed by atoms with van der Waals surface area (Å²) in [4.78, 5) is 16.6. The summed E-state index contributed by atoms with van der Waals surface area (Å²) in [6.45, 7) is 3.95. The first kappa shape index (κ1) is 17.4. The molecule has 7 heteroatoms. The normalized spacial score (nSPS) is 24.2. The zero-order valence-corrected chi connectivity index (χ0v) is 16.1. The van der Waals surface area contributed by atoms with Crippen LogP contribution in [0.1, 0.15) is 11.1 Å². The van der Waals surface area contributed by atoms with Gasteiger partial charge in [-0.1, -0.05) is 23.7 Å². The van der Waals surface area contributed by atoms with E-state index in [1.165, 1.54) is 0 Å². The number of sulfone groups is 1. The van der Waals surface area contributed by atoms with Gasteiger partial charge in [-0.25, -0.2) is 13.2 Å². The second-order valence-electron chi connectivity index (χ2n) is 6.93. The van der Waals surface area contributed by atoms with Crippen LogP contribution in [-0.4, -0.2) is 38.0 Å². The van der Waals surface area contributed by atoms with Crippen LogP contribution in [0.5, 0.6) is 0 Å². The molecule has 0 spiro atoms. The highest BCUT2D eigenvalue weighted by atomic mass is 35.5. The molecule has 0 saturated carbocycles. The second-order valence-corrected chi connectivity index (χ2v) is 9.52. The topological polar surface area (TPSA) is 57.7 Å². The number of nitrogens with zero attached hydrogens (tertiary/aromatic N) is 2. The molecule has 2 amide bonds. The fraction of sp³-hybridized carbons (Fsp3) is 0.316. The molecule has 2 aliphatic heterocycles. The lowest BCUT2D eigenvalue weighted by molar-refractivity contribution is 0.255. The number of carbonyl (C=O) groups excluding carboxylic acids is 1. The third-order valence-electron chi connectivity index (χ3n) is 5.31. The van der Waals surface area contributed by atoms with Crippen LogP contribution < -0.4 is 9.80 Å². The minimum absolute atomic E-state index is 0.0130. The van der Waals surface area contributed by atoms with Crippen molar-refractivity contribution in [2.75, 3.05) is 21.3 Å². The van der Waals surface area contributed by atoms with Gasteiger partial charge in [-0.15, -0.1) is 0 Å². The number of aryl methyl sites for hydroxylation is 1. The van der Waals surface area contributed by atoms with Crippen LogP contribution >= 0.6 is 11.6 Å². The number of benzene rings is 2. The molecule has 2 aliphatic rings. The summed E-state index contributed by atoms with van der Waals surface area (Å²) in [5.74, 6) is -0.0335. The maximum atomic E-state index is 13.3. The van der Waals surface area contributed by atoms with Gasteiger partial charge in [-0.05, 0) is 55.3 Å². The molecular weight excluding hydrogens is 372 g/mol. The fourth-order valence-corrected chi connectivity index (χ4v) is 5.93. The SMILES string of the molecule is Cc1cccc(N2C(=O)N(c3ccc(Cl)cc3)C3CS(=O)(=O)CC32)c1C. The van der Waals surface area contributed by atoms with Gasteiger partial charge in [0.25, 0.3) is 0 Å². The van der Waals surface area contributed by atoms with Gasteiger partial charge < -0.3 is 0 Å². The summed E-state index contributed by atoms with van der Waals surface area (Å²) in [7, 11) is -3.20. The Morgan fingerprint density at radius 3 is 2.23 bits per heavy atom. The summed E-state index contributed by atoms with van der Waals surface area (Å²) < 4.78 is 24.6. The molecule has 2 heterocycles. The summed E-state index contributed by atoms with van der Waals surface area (Å²) in [5, 5.41) is 0.572. The molecule has 136 valence electrons. The number of anilines is 2. The molecule has 2 aromatic rings. The maximum Gasteiger partial charge on any atom is 0.329 e. The molecule has 0 N–H and O–H groups in total. The average molecular weight is 391 g/mol. The van der Waals surface area contributed by atoms with Gasteiger partial charge >= 0.3 is 6.03 Å². The van der Waals surface area contributed by atoms with Crippen LogP contribution in [0.15, 0.2) is 42.5 Å². The minimum atomic E-state index is -3.20. The van der Waals surface area contributed by atoms with Crippen molar-refractivity contribution in [3.05, 3.63) is 58.6 Å². The van der Waals surface area contributed by atoms with Crippen LogP contribution in [-0.2, 0) is 9.84 Å². The fourth-order valence-electron chi connectivity index (χ4n) is 3.89. The number of rotatable bonds is 2. The Balaban J connectivity index is 1.84. The van der Waals surface area contributed by atoms with Crippen molar-refractivity contribution < 1.29 is 13.2 Å². The van der Waals surface area contributed by atoms with Gasteiger partial charge in [0.05, 0.1) is 23.6 Å². The lowest BCUT2D eigenvalue weighted by Gasteiger charge is -2.24. The summed E-state index contributed by atoms with van der Waals surface area (Å²) in [6, 6.07) is 11.7. The standard InChI is InChI=1S/C19H19ClN2O3S/c1-12-4-3-5-16(13(12)2)22-18-11-26(24,25)10-17(18)21(19(22)23)15-8-6-14(20)7-9-15/h3-9,17-18H,10-11H2,1-2H3. The molecule has 0 aromatic heterocycles. The highest BCUT2D eigenvalue weighted by Crippen LogP contribution is 2.39. The van der Waals surface area contributed by atoms with E-state index in [0.717, 1.165) is 16.8 Å². The second kappa shape index (κ2) is 5.99. The van der Waals surface area contributed by atoms with Gasteiger partial charge in [0.15, 0.2) is 9.84 Å². The maximum absolute atomic E-state index is 13.3. The quantitative estimate of drug-likeness (QED) is 0.736. The van der Waals surface area contributed by atoms with Crippen molar-refractivity contribution in [3.8, 4) is 0 Å². The number of hydrogen-bond acceptors (Lipinski definition) is 3. The smallest absolute Gasteiger partial charge is 0.288 e. The predicted molar refractivity (Wildman–Crippen MR) is 104 cm³/mol. The Hall–Kier alpha value is -2.05. The molecule has 2 aromatic carbocycles. The van der Waals surface area contributed by atoms with E-state index in [1.54, 1.807) is 34.1 Å². The molecule has 0 radical (unpaired) electrons. The van der Waals surface area contributed by atoms with E-state index < -0.39 is 15.9 Å². The molecule has 2 fully saturated rings. The summed E-state index contributed by atoms with van der Waals surface area (Å²) >= 11 is 5.96. The zero-order chi connectivity index (χ0) is 18.6. The Labute approximate surface area is 158 Å². The van der Waals surface area contributed by atoms with Crippen LogP contribution in [0, 0.1) is 13.8 Å². The van der Waals surface area contributed by atoms with Crippen LogP contribution in [0.4, 0.5) is 16.2 Å².